The van der Waals surface area contributed by atoms with Gasteiger partial charge in [-0.2, -0.15) is 0 Å². The van der Waals surface area contributed by atoms with Crippen LogP contribution in [0.25, 0.3) is 0 Å². The van der Waals surface area contributed by atoms with Crippen LogP contribution in [-0.2, 0) is 9.53 Å². The molecular formula is C14H20N2O4. The van der Waals surface area contributed by atoms with Crippen molar-refractivity contribution in [1.82, 2.24) is 5.32 Å². The molecule has 110 valence electrons. The van der Waals surface area contributed by atoms with Gasteiger partial charge < -0.3 is 14.8 Å². The average Bonchev–Trinajstić information content (AvgIpc) is 2.36. The maximum absolute atomic E-state index is 11.4. The van der Waals surface area contributed by atoms with Gasteiger partial charge in [-0.05, 0) is 32.9 Å². The van der Waals surface area contributed by atoms with Gasteiger partial charge >= 0.3 is 6.09 Å². The molecule has 0 unspecified atom stereocenters. The molecule has 0 bridgehead atoms. The molecule has 1 aromatic carbocycles. The molecule has 0 fully saturated rings. The minimum Gasteiger partial charge on any atom is -0.484 e. The van der Waals surface area contributed by atoms with Crippen molar-refractivity contribution >= 4 is 17.7 Å². The fourth-order valence-corrected chi connectivity index (χ4v) is 1.46. The van der Waals surface area contributed by atoms with E-state index in [0.29, 0.717) is 18.0 Å². The number of carbonyl (C=O) groups is 2. The third-order valence-electron chi connectivity index (χ3n) is 2.18. The second-order valence-electron chi connectivity index (χ2n) is 4.38. The molecule has 0 saturated carbocycles. The summed E-state index contributed by atoms with van der Waals surface area (Å²) in [6.45, 7) is 5.72. The third kappa shape index (κ3) is 6.08. The largest absolute Gasteiger partial charge is 0.484 e. The second-order valence-corrected chi connectivity index (χ2v) is 4.38. The van der Waals surface area contributed by atoms with E-state index >= 15 is 0 Å². The van der Waals surface area contributed by atoms with Gasteiger partial charge in [-0.25, -0.2) is 4.79 Å². The van der Waals surface area contributed by atoms with Gasteiger partial charge in [0.15, 0.2) is 6.61 Å². The smallest absolute Gasteiger partial charge is 0.411 e. The van der Waals surface area contributed by atoms with Crippen LogP contribution in [0.1, 0.15) is 20.8 Å². The molecule has 2 N–H and O–H groups in total. The van der Waals surface area contributed by atoms with Crippen molar-refractivity contribution in [2.45, 2.75) is 26.8 Å². The van der Waals surface area contributed by atoms with Crippen LogP contribution in [0.4, 0.5) is 10.5 Å². The molecule has 0 radical (unpaired) electrons. The lowest BCUT2D eigenvalue weighted by Crippen LogP contribution is -2.34. The first-order valence-electron chi connectivity index (χ1n) is 6.47. The van der Waals surface area contributed by atoms with E-state index in [1.165, 1.54) is 0 Å². The predicted octanol–water partition coefficient (Wildman–Crippen LogP) is 2.16. The Labute approximate surface area is 118 Å². The third-order valence-corrected chi connectivity index (χ3v) is 2.18. The Balaban J connectivity index is 2.51. The van der Waals surface area contributed by atoms with Crippen molar-refractivity contribution in [3.05, 3.63) is 24.3 Å². The molecular weight excluding hydrogens is 260 g/mol. The summed E-state index contributed by atoms with van der Waals surface area (Å²) >= 11 is 0. The Morgan fingerprint density at radius 2 is 2.05 bits per heavy atom. The first-order valence-corrected chi connectivity index (χ1v) is 6.47. The predicted molar refractivity (Wildman–Crippen MR) is 75.9 cm³/mol. The minimum atomic E-state index is -0.526. The fraction of sp³-hybridized carbons (Fsp3) is 0.429. The number of hydrogen-bond donors (Lipinski definition) is 2. The van der Waals surface area contributed by atoms with Crippen LogP contribution in [0, 0.1) is 0 Å². The first kappa shape index (κ1) is 15.8. The van der Waals surface area contributed by atoms with Crippen LogP contribution in [0.3, 0.4) is 0 Å². The maximum Gasteiger partial charge on any atom is 0.411 e. The highest BCUT2D eigenvalue weighted by Crippen LogP contribution is 2.17. The lowest BCUT2D eigenvalue weighted by molar-refractivity contribution is -0.123. The van der Waals surface area contributed by atoms with Crippen LogP contribution in [0.5, 0.6) is 5.75 Å². The van der Waals surface area contributed by atoms with E-state index in [0.717, 1.165) is 0 Å². The van der Waals surface area contributed by atoms with Crippen LogP contribution >= 0.6 is 0 Å². The Morgan fingerprint density at radius 1 is 1.30 bits per heavy atom. The van der Waals surface area contributed by atoms with Gasteiger partial charge in [-0.3, -0.25) is 10.1 Å². The molecule has 0 atom stereocenters. The van der Waals surface area contributed by atoms with Crippen molar-refractivity contribution in [2.24, 2.45) is 0 Å². The Bertz CT molecular complexity index is 460. The number of rotatable bonds is 6. The molecule has 0 aliphatic rings. The molecule has 0 heterocycles. The Hall–Kier alpha value is -2.24. The van der Waals surface area contributed by atoms with Gasteiger partial charge in [0.05, 0.1) is 6.61 Å². The highest BCUT2D eigenvalue weighted by Gasteiger charge is 2.06. The van der Waals surface area contributed by atoms with Gasteiger partial charge in [0.25, 0.3) is 5.91 Å². The van der Waals surface area contributed by atoms with E-state index < -0.39 is 6.09 Å². The lowest BCUT2D eigenvalue weighted by Gasteiger charge is -2.11. The number of nitrogens with one attached hydrogen (secondary N) is 2. The summed E-state index contributed by atoms with van der Waals surface area (Å²) in [5, 5.41) is 5.28. The molecule has 2 amide bonds. The molecule has 0 aliphatic carbocycles. The average molecular weight is 280 g/mol. The fourth-order valence-electron chi connectivity index (χ4n) is 1.46. The van der Waals surface area contributed by atoms with Gasteiger partial charge in [0, 0.05) is 17.8 Å². The number of ether oxygens (including phenoxy) is 2. The van der Waals surface area contributed by atoms with Crippen LogP contribution in [0.15, 0.2) is 24.3 Å². The zero-order valence-corrected chi connectivity index (χ0v) is 11.9. The number of amides is 2. The van der Waals surface area contributed by atoms with Crippen molar-refractivity contribution < 1.29 is 19.1 Å². The zero-order valence-electron chi connectivity index (χ0n) is 11.9. The monoisotopic (exact) mass is 280 g/mol. The normalized spacial score (nSPS) is 10.0. The minimum absolute atomic E-state index is 0.0684. The summed E-state index contributed by atoms with van der Waals surface area (Å²) < 4.78 is 10.1. The standard InChI is InChI=1S/C14H20N2O4/c1-4-19-14(18)16-11-6-5-7-12(8-11)20-9-13(17)15-10(2)3/h5-8,10H,4,9H2,1-3H3,(H,15,17)(H,16,18). The van der Waals surface area contributed by atoms with Crippen LogP contribution in [-0.4, -0.2) is 31.3 Å². The highest BCUT2D eigenvalue weighted by atomic mass is 16.5. The quantitative estimate of drug-likeness (QED) is 0.837. The summed E-state index contributed by atoms with van der Waals surface area (Å²) in [5.74, 6) is 0.307. The molecule has 0 aliphatic heterocycles. The number of hydrogen-bond acceptors (Lipinski definition) is 4. The SMILES string of the molecule is CCOC(=O)Nc1cccc(OCC(=O)NC(C)C)c1. The van der Waals surface area contributed by atoms with E-state index in [2.05, 4.69) is 10.6 Å². The molecule has 1 aromatic rings. The number of carbonyl (C=O) groups excluding carboxylic acids is 2. The molecule has 20 heavy (non-hydrogen) atoms. The van der Waals surface area contributed by atoms with Gasteiger partial charge in [0.1, 0.15) is 5.75 Å². The first-order chi connectivity index (χ1) is 9.51. The molecule has 0 saturated heterocycles. The Morgan fingerprint density at radius 3 is 2.70 bits per heavy atom. The molecule has 6 nitrogen and oxygen atoms in total. The topological polar surface area (TPSA) is 76.7 Å². The van der Waals surface area contributed by atoms with Crippen LogP contribution in [0.2, 0.25) is 0 Å². The second kappa shape index (κ2) is 8.04. The van der Waals surface area contributed by atoms with Gasteiger partial charge in [0.2, 0.25) is 0 Å². The summed E-state index contributed by atoms with van der Waals surface area (Å²) in [4.78, 5) is 22.7. The molecule has 1 rings (SSSR count). The lowest BCUT2D eigenvalue weighted by atomic mass is 10.3. The van der Waals surface area contributed by atoms with E-state index in [1.54, 1.807) is 31.2 Å². The van der Waals surface area contributed by atoms with Gasteiger partial charge in [-0.15, -0.1) is 0 Å². The van der Waals surface area contributed by atoms with Gasteiger partial charge in [-0.1, -0.05) is 6.07 Å². The summed E-state index contributed by atoms with van der Waals surface area (Å²) in [7, 11) is 0. The van der Waals surface area contributed by atoms with E-state index in [1.807, 2.05) is 13.8 Å². The van der Waals surface area contributed by atoms with Crippen molar-refractivity contribution in [3.63, 3.8) is 0 Å². The number of anilines is 1. The molecule has 6 heteroatoms. The van der Waals surface area contributed by atoms with Crippen molar-refractivity contribution in [3.8, 4) is 5.75 Å². The zero-order chi connectivity index (χ0) is 15.0. The van der Waals surface area contributed by atoms with Crippen molar-refractivity contribution in [1.29, 1.82) is 0 Å². The maximum atomic E-state index is 11.4. The summed E-state index contributed by atoms with van der Waals surface area (Å²) in [6.07, 6.45) is -0.526. The van der Waals surface area contributed by atoms with Crippen LogP contribution < -0.4 is 15.4 Å². The molecule has 0 aromatic heterocycles. The summed E-state index contributed by atoms with van der Waals surface area (Å²) in [5.41, 5.74) is 0.546. The Kier molecular flexibility index (Phi) is 6.36. The number of benzene rings is 1. The molecule has 0 spiro atoms. The van der Waals surface area contributed by atoms with E-state index in [-0.39, 0.29) is 18.6 Å². The van der Waals surface area contributed by atoms with E-state index in [9.17, 15) is 9.59 Å². The van der Waals surface area contributed by atoms with E-state index in [4.69, 9.17) is 9.47 Å². The summed E-state index contributed by atoms with van der Waals surface area (Å²) in [6, 6.07) is 6.83. The highest BCUT2D eigenvalue weighted by molar-refractivity contribution is 5.84. The van der Waals surface area contributed by atoms with Crippen molar-refractivity contribution in [2.75, 3.05) is 18.5 Å².